The molecule has 0 aromatic rings. The summed E-state index contributed by atoms with van der Waals surface area (Å²) in [6.45, 7) is 0.204. The van der Waals surface area contributed by atoms with Crippen LogP contribution in [0.25, 0.3) is 0 Å². The largest absolute Gasteiger partial charge is 0.481 e. The predicted octanol–water partition coefficient (Wildman–Crippen LogP) is 1.96. The molecule has 3 heteroatoms. The maximum absolute atomic E-state index is 10.1. The molecule has 0 unspecified atom stereocenters. The number of hydrogen-bond acceptors (Lipinski definition) is 2. The van der Waals surface area contributed by atoms with Crippen LogP contribution in [0.2, 0.25) is 0 Å². The van der Waals surface area contributed by atoms with Gasteiger partial charge in [-0.3, -0.25) is 4.79 Å². The molecule has 0 atom stereocenters. The van der Waals surface area contributed by atoms with Gasteiger partial charge in [-0.1, -0.05) is 18.6 Å². The van der Waals surface area contributed by atoms with Gasteiger partial charge in [0.1, 0.15) is 0 Å². The Hall–Kier alpha value is -0.830. The summed E-state index contributed by atoms with van der Waals surface area (Å²) in [4.78, 5) is 10.1. The molecule has 76 valence electrons. The molecule has 0 aromatic carbocycles. The van der Waals surface area contributed by atoms with Crippen molar-refractivity contribution in [3.63, 3.8) is 0 Å². The molecule has 0 aromatic heterocycles. The lowest BCUT2D eigenvalue weighted by Gasteiger charge is -1.94. The minimum atomic E-state index is -0.712. The van der Waals surface area contributed by atoms with Crippen LogP contribution in [0.1, 0.15) is 38.5 Å². The van der Waals surface area contributed by atoms with Crippen molar-refractivity contribution in [1.29, 1.82) is 0 Å². The van der Waals surface area contributed by atoms with Crippen LogP contribution < -0.4 is 0 Å². The van der Waals surface area contributed by atoms with Gasteiger partial charge in [-0.05, 0) is 25.7 Å². The minimum Gasteiger partial charge on any atom is -0.481 e. The van der Waals surface area contributed by atoms with Crippen molar-refractivity contribution in [2.24, 2.45) is 0 Å². The van der Waals surface area contributed by atoms with Crippen molar-refractivity contribution in [2.45, 2.75) is 38.5 Å². The van der Waals surface area contributed by atoms with Crippen molar-refractivity contribution < 1.29 is 15.0 Å². The third kappa shape index (κ3) is 11.2. The van der Waals surface area contributed by atoms with Crippen molar-refractivity contribution in [3.8, 4) is 0 Å². The van der Waals surface area contributed by atoms with Gasteiger partial charge in [-0.15, -0.1) is 0 Å². The summed E-state index contributed by atoms with van der Waals surface area (Å²) in [5.41, 5.74) is 0. The van der Waals surface area contributed by atoms with Crippen LogP contribution in [-0.4, -0.2) is 22.8 Å². The monoisotopic (exact) mass is 186 g/mol. The lowest BCUT2D eigenvalue weighted by molar-refractivity contribution is -0.137. The van der Waals surface area contributed by atoms with Gasteiger partial charge in [0.25, 0.3) is 0 Å². The lowest BCUT2D eigenvalue weighted by atomic mass is 10.1. The Morgan fingerprint density at radius 3 is 2.38 bits per heavy atom. The minimum absolute atomic E-state index is 0.204. The van der Waals surface area contributed by atoms with Crippen LogP contribution in [0.4, 0.5) is 0 Å². The van der Waals surface area contributed by atoms with Crippen molar-refractivity contribution in [2.75, 3.05) is 6.61 Å². The van der Waals surface area contributed by atoms with Crippen molar-refractivity contribution in [3.05, 3.63) is 12.2 Å². The number of carboxylic acid groups (broad SMARTS) is 1. The molecule has 0 saturated carbocycles. The fourth-order valence-electron chi connectivity index (χ4n) is 1.03. The molecule has 0 heterocycles. The first-order valence-electron chi connectivity index (χ1n) is 4.75. The normalized spacial score (nSPS) is 10.8. The molecule has 0 aliphatic rings. The number of hydrogen-bond donors (Lipinski definition) is 2. The predicted molar refractivity (Wildman–Crippen MR) is 51.6 cm³/mol. The number of carboxylic acids is 1. The SMILES string of the molecule is O=C(O)CCCCCC=CCCO. The summed E-state index contributed by atoms with van der Waals surface area (Å²) < 4.78 is 0. The average molecular weight is 186 g/mol. The van der Waals surface area contributed by atoms with E-state index < -0.39 is 5.97 Å². The number of rotatable bonds is 8. The molecule has 0 bridgehead atoms. The Morgan fingerprint density at radius 1 is 1.08 bits per heavy atom. The Balaban J connectivity index is 3.03. The fraction of sp³-hybridized carbons (Fsp3) is 0.700. The van der Waals surface area contributed by atoms with Gasteiger partial charge in [-0.2, -0.15) is 0 Å². The number of aliphatic hydroxyl groups excluding tert-OH is 1. The first kappa shape index (κ1) is 12.2. The second kappa shape index (κ2) is 9.26. The topological polar surface area (TPSA) is 57.5 Å². The van der Waals surface area contributed by atoms with Crippen LogP contribution >= 0.6 is 0 Å². The van der Waals surface area contributed by atoms with E-state index in [2.05, 4.69) is 0 Å². The number of allylic oxidation sites excluding steroid dienone is 1. The second-order valence-corrected chi connectivity index (χ2v) is 2.98. The average Bonchev–Trinajstić information content (AvgIpc) is 2.09. The quantitative estimate of drug-likeness (QED) is 0.450. The van der Waals surface area contributed by atoms with E-state index in [9.17, 15) is 4.79 Å². The zero-order chi connectivity index (χ0) is 9.94. The fourth-order valence-corrected chi connectivity index (χ4v) is 1.03. The van der Waals surface area contributed by atoms with E-state index >= 15 is 0 Å². The van der Waals surface area contributed by atoms with E-state index in [1.54, 1.807) is 0 Å². The molecule has 0 aliphatic carbocycles. The van der Waals surface area contributed by atoms with Gasteiger partial charge < -0.3 is 10.2 Å². The molecule has 3 nitrogen and oxygen atoms in total. The Labute approximate surface area is 79.1 Å². The molecular weight excluding hydrogens is 168 g/mol. The maximum Gasteiger partial charge on any atom is 0.303 e. The second-order valence-electron chi connectivity index (χ2n) is 2.98. The summed E-state index contributed by atoms with van der Waals surface area (Å²) in [6, 6.07) is 0. The van der Waals surface area contributed by atoms with E-state index in [0.717, 1.165) is 32.1 Å². The first-order valence-corrected chi connectivity index (χ1v) is 4.75. The van der Waals surface area contributed by atoms with Crippen molar-refractivity contribution >= 4 is 5.97 Å². The van der Waals surface area contributed by atoms with E-state index in [4.69, 9.17) is 10.2 Å². The molecule has 0 fully saturated rings. The van der Waals surface area contributed by atoms with E-state index in [1.807, 2.05) is 12.2 Å². The zero-order valence-electron chi connectivity index (χ0n) is 7.91. The van der Waals surface area contributed by atoms with Gasteiger partial charge in [0.05, 0.1) is 0 Å². The molecule has 2 N–H and O–H groups in total. The Bertz CT molecular complexity index is 152. The molecule has 0 amide bonds. The molecular formula is C10H18O3. The number of unbranched alkanes of at least 4 members (excludes halogenated alkanes) is 3. The number of aliphatic carboxylic acids is 1. The standard InChI is InChI=1S/C10H18O3/c11-9-7-5-3-1-2-4-6-8-10(12)13/h3,5,11H,1-2,4,6-9H2,(H,12,13). The summed E-state index contributed by atoms with van der Waals surface area (Å²) in [5, 5.41) is 16.8. The third-order valence-electron chi connectivity index (χ3n) is 1.72. The van der Waals surface area contributed by atoms with Crippen molar-refractivity contribution in [1.82, 2.24) is 0 Å². The molecule has 0 saturated heterocycles. The summed E-state index contributed by atoms with van der Waals surface area (Å²) in [7, 11) is 0. The van der Waals surface area contributed by atoms with Crippen LogP contribution in [-0.2, 0) is 4.79 Å². The lowest BCUT2D eigenvalue weighted by Crippen LogP contribution is -1.93. The Morgan fingerprint density at radius 2 is 1.77 bits per heavy atom. The summed E-state index contributed by atoms with van der Waals surface area (Å²) in [5.74, 6) is -0.712. The van der Waals surface area contributed by atoms with E-state index in [1.165, 1.54) is 0 Å². The highest BCUT2D eigenvalue weighted by Crippen LogP contribution is 2.03. The van der Waals surface area contributed by atoms with Gasteiger partial charge in [0.15, 0.2) is 0 Å². The summed E-state index contributed by atoms with van der Waals surface area (Å²) >= 11 is 0. The highest BCUT2D eigenvalue weighted by atomic mass is 16.4. The zero-order valence-corrected chi connectivity index (χ0v) is 7.91. The molecule has 0 radical (unpaired) electrons. The number of aliphatic hydroxyl groups is 1. The maximum atomic E-state index is 10.1. The van der Waals surface area contributed by atoms with Crippen LogP contribution in [0.5, 0.6) is 0 Å². The van der Waals surface area contributed by atoms with Crippen LogP contribution in [0, 0.1) is 0 Å². The molecule has 0 spiro atoms. The third-order valence-corrected chi connectivity index (χ3v) is 1.72. The van der Waals surface area contributed by atoms with Gasteiger partial charge in [-0.25, -0.2) is 0 Å². The molecule has 0 aliphatic heterocycles. The highest BCUT2D eigenvalue weighted by molar-refractivity contribution is 5.66. The van der Waals surface area contributed by atoms with Crippen LogP contribution in [0.15, 0.2) is 12.2 Å². The van der Waals surface area contributed by atoms with Gasteiger partial charge in [0.2, 0.25) is 0 Å². The first-order chi connectivity index (χ1) is 6.27. The smallest absolute Gasteiger partial charge is 0.303 e. The van der Waals surface area contributed by atoms with E-state index in [-0.39, 0.29) is 13.0 Å². The van der Waals surface area contributed by atoms with Crippen LogP contribution in [0.3, 0.4) is 0 Å². The Kier molecular flexibility index (Phi) is 8.67. The molecule has 0 rings (SSSR count). The summed E-state index contributed by atoms with van der Waals surface area (Å²) in [6.07, 6.45) is 8.75. The molecule has 13 heavy (non-hydrogen) atoms. The van der Waals surface area contributed by atoms with Gasteiger partial charge in [0, 0.05) is 13.0 Å². The van der Waals surface area contributed by atoms with Gasteiger partial charge >= 0.3 is 5.97 Å². The number of carbonyl (C=O) groups is 1. The van der Waals surface area contributed by atoms with E-state index in [0.29, 0.717) is 0 Å². The highest BCUT2D eigenvalue weighted by Gasteiger charge is 1.94.